The van der Waals surface area contributed by atoms with E-state index in [2.05, 4.69) is 15.0 Å². The minimum Gasteiger partial charge on any atom is -0.347 e. The Morgan fingerprint density at radius 1 is 1.50 bits per heavy atom. The van der Waals surface area contributed by atoms with E-state index in [4.69, 9.17) is 0 Å². The molecule has 0 atom stereocenters. The van der Waals surface area contributed by atoms with Crippen LogP contribution in [0.25, 0.3) is 0 Å². The maximum Gasteiger partial charge on any atom is 0.262 e. The molecule has 0 aromatic carbocycles. The van der Waals surface area contributed by atoms with Gasteiger partial charge in [0.15, 0.2) is 5.03 Å². The second-order valence-electron chi connectivity index (χ2n) is 4.03. The third-order valence-electron chi connectivity index (χ3n) is 2.69. The first-order chi connectivity index (χ1) is 8.41. The molecule has 2 aromatic rings. The van der Waals surface area contributed by atoms with Crippen molar-refractivity contribution in [1.29, 1.82) is 0 Å². The van der Waals surface area contributed by atoms with Crippen LogP contribution in [-0.2, 0) is 23.6 Å². The first-order valence-electron chi connectivity index (χ1n) is 5.36. The fourth-order valence-electron chi connectivity index (χ4n) is 1.49. The number of nitrogens with zero attached hydrogens (tertiary/aromatic N) is 4. The number of nitrogens with one attached hydrogen (secondary N) is 1. The van der Waals surface area contributed by atoms with E-state index in [1.807, 2.05) is 0 Å². The molecule has 0 saturated carbocycles. The first kappa shape index (κ1) is 12.8. The number of hydrogen-bond acceptors (Lipinski definition) is 4. The Hall–Kier alpha value is -1.67. The number of aromatic nitrogens is 4. The summed E-state index contributed by atoms with van der Waals surface area (Å²) in [7, 11) is -0.316. The molecule has 2 heterocycles. The fourth-order valence-corrected chi connectivity index (χ4v) is 2.64. The molecular weight excluding hydrogens is 254 g/mol. The molecule has 7 nitrogen and oxygen atoms in total. The number of rotatable bonds is 4. The minimum absolute atomic E-state index is 0.0524. The van der Waals surface area contributed by atoms with Crippen molar-refractivity contribution in [2.75, 3.05) is 7.05 Å². The van der Waals surface area contributed by atoms with Gasteiger partial charge in [0.05, 0.1) is 6.54 Å². The summed E-state index contributed by atoms with van der Waals surface area (Å²) in [6.07, 6.45) is 4.74. The zero-order valence-electron chi connectivity index (χ0n) is 10.5. The van der Waals surface area contributed by atoms with E-state index in [-0.39, 0.29) is 11.6 Å². The summed E-state index contributed by atoms with van der Waals surface area (Å²) in [5.41, 5.74) is 0. The molecule has 2 rings (SSSR count). The van der Waals surface area contributed by atoms with Gasteiger partial charge in [0.25, 0.3) is 10.0 Å². The number of sulfonamides is 1. The largest absolute Gasteiger partial charge is 0.347 e. The van der Waals surface area contributed by atoms with Gasteiger partial charge in [0.1, 0.15) is 11.6 Å². The molecule has 18 heavy (non-hydrogen) atoms. The highest BCUT2D eigenvalue weighted by atomic mass is 32.2. The molecule has 0 unspecified atom stereocenters. The van der Waals surface area contributed by atoms with Gasteiger partial charge in [-0.15, -0.1) is 0 Å². The van der Waals surface area contributed by atoms with Crippen LogP contribution in [0, 0.1) is 6.92 Å². The van der Waals surface area contributed by atoms with Crippen molar-refractivity contribution in [2.24, 2.45) is 7.05 Å². The number of H-pyrrole nitrogens is 1. The van der Waals surface area contributed by atoms with Gasteiger partial charge in [-0.2, -0.15) is 4.31 Å². The van der Waals surface area contributed by atoms with Crippen LogP contribution in [0.4, 0.5) is 0 Å². The summed E-state index contributed by atoms with van der Waals surface area (Å²) in [4.78, 5) is 10.9. The standard InChI is InChI=1S/C10H15N5O2S/c1-8-13-10(7-14(8)2)18(16,17)15(3)6-9-11-4-5-12-9/h4-5,7H,6H2,1-3H3,(H,11,12). The summed E-state index contributed by atoms with van der Waals surface area (Å²) in [6.45, 7) is 1.94. The van der Waals surface area contributed by atoms with Gasteiger partial charge in [-0.1, -0.05) is 0 Å². The molecular formula is C10H15N5O2S. The SMILES string of the molecule is Cc1nc(S(=O)(=O)N(C)Cc2ncc[nH]2)cn1C. The molecule has 0 bridgehead atoms. The van der Waals surface area contributed by atoms with Gasteiger partial charge >= 0.3 is 0 Å². The average molecular weight is 269 g/mol. The van der Waals surface area contributed by atoms with Crippen molar-refractivity contribution < 1.29 is 8.42 Å². The molecule has 0 radical (unpaired) electrons. The summed E-state index contributed by atoms with van der Waals surface area (Å²) >= 11 is 0. The molecule has 8 heteroatoms. The summed E-state index contributed by atoms with van der Waals surface area (Å²) in [5.74, 6) is 1.24. The molecule has 0 aliphatic carbocycles. The maximum absolute atomic E-state index is 12.2. The third kappa shape index (κ3) is 2.29. The predicted octanol–water partition coefficient (Wildman–Crippen LogP) is 0.272. The molecule has 0 amide bonds. The van der Waals surface area contributed by atoms with E-state index >= 15 is 0 Å². The van der Waals surface area contributed by atoms with Crippen LogP contribution in [0.5, 0.6) is 0 Å². The smallest absolute Gasteiger partial charge is 0.262 e. The van der Waals surface area contributed by atoms with Crippen LogP contribution in [0.3, 0.4) is 0 Å². The van der Waals surface area contributed by atoms with Crippen molar-refractivity contribution >= 4 is 10.0 Å². The second kappa shape index (κ2) is 4.54. The van der Waals surface area contributed by atoms with E-state index in [1.54, 1.807) is 30.9 Å². The highest BCUT2D eigenvalue weighted by molar-refractivity contribution is 7.89. The maximum atomic E-state index is 12.2. The third-order valence-corrected chi connectivity index (χ3v) is 4.36. The monoisotopic (exact) mass is 269 g/mol. The van der Waals surface area contributed by atoms with Crippen LogP contribution in [-0.4, -0.2) is 39.3 Å². The fraction of sp³-hybridized carbons (Fsp3) is 0.400. The van der Waals surface area contributed by atoms with E-state index in [1.165, 1.54) is 17.5 Å². The Balaban J connectivity index is 2.25. The van der Waals surface area contributed by atoms with Gasteiger partial charge in [0.2, 0.25) is 0 Å². The van der Waals surface area contributed by atoms with Gasteiger partial charge in [0, 0.05) is 32.7 Å². The van der Waals surface area contributed by atoms with Gasteiger partial charge < -0.3 is 9.55 Å². The Morgan fingerprint density at radius 3 is 2.72 bits per heavy atom. The first-order valence-corrected chi connectivity index (χ1v) is 6.80. The lowest BCUT2D eigenvalue weighted by Gasteiger charge is -2.13. The normalized spacial score (nSPS) is 12.2. The Morgan fingerprint density at radius 2 is 2.22 bits per heavy atom. The van der Waals surface area contributed by atoms with Gasteiger partial charge in [-0.05, 0) is 6.92 Å². The number of aryl methyl sites for hydroxylation is 2. The second-order valence-corrected chi connectivity index (χ2v) is 6.03. The van der Waals surface area contributed by atoms with Crippen molar-refractivity contribution in [3.63, 3.8) is 0 Å². The molecule has 2 aromatic heterocycles. The van der Waals surface area contributed by atoms with E-state index in [0.717, 1.165) is 0 Å². The highest BCUT2D eigenvalue weighted by Gasteiger charge is 2.24. The highest BCUT2D eigenvalue weighted by Crippen LogP contribution is 2.14. The number of hydrogen-bond donors (Lipinski definition) is 1. The number of imidazole rings is 2. The van der Waals surface area contributed by atoms with Crippen LogP contribution in [0.15, 0.2) is 23.6 Å². The van der Waals surface area contributed by atoms with Crippen LogP contribution >= 0.6 is 0 Å². The van der Waals surface area contributed by atoms with E-state index in [0.29, 0.717) is 11.6 Å². The van der Waals surface area contributed by atoms with Crippen molar-refractivity contribution in [3.8, 4) is 0 Å². The topological polar surface area (TPSA) is 83.9 Å². The average Bonchev–Trinajstić information content (AvgIpc) is 2.90. The zero-order chi connectivity index (χ0) is 13.3. The van der Waals surface area contributed by atoms with Crippen LogP contribution < -0.4 is 0 Å². The summed E-state index contributed by atoms with van der Waals surface area (Å²) in [5, 5.41) is 0.0524. The van der Waals surface area contributed by atoms with E-state index in [9.17, 15) is 8.42 Å². The summed E-state index contributed by atoms with van der Waals surface area (Å²) in [6, 6.07) is 0. The predicted molar refractivity (Wildman–Crippen MR) is 65.2 cm³/mol. The number of aromatic amines is 1. The summed E-state index contributed by atoms with van der Waals surface area (Å²) < 4.78 is 27.4. The van der Waals surface area contributed by atoms with Crippen molar-refractivity contribution in [2.45, 2.75) is 18.5 Å². The molecule has 0 aliphatic rings. The molecule has 98 valence electrons. The lowest BCUT2D eigenvalue weighted by molar-refractivity contribution is 0.455. The van der Waals surface area contributed by atoms with Crippen LogP contribution in [0.1, 0.15) is 11.6 Å². The van der Waals surface area contributed by atoms with Crippen molar-refractivity contribution in [1.82, 2.24) is 23.8 Å². The lowest BCUT2D eigenvalue weighted by Crippen LogP contribution is -2.27. The van der Waals surface area contributed by atoms with Gasteiger partial charge in [-0.3, -0.25) is 0 Å². The molecule has 1 N–H and O–H groups in total. The molecule has 0 aliphatic heterocycles. The Bertz CT molecular complexity index is 610. The Kier molecular flexibility index (Phi) is 3.22. The Labute approximate surface area is 106 Å². The quantitative estimate of drug-likeness (QED) is 0.863. The minimum atomic E-state index is -3.58. The molecule has 0 fully saturated rings. The van der Waals surface area contributed by atoms with Crippen LogP contribution in [0.2, 0.25) is 0 Å². The van der Waals surface area contributed by atoms with Crippen molar-refractivity contribution in [3.05, 3.63) is 30.2 Å². The molecule has 0 saturated heterocycles. The zero-order valence-corrected chi connectivity index (χ0v) is 11.3. The van der Waals surface area contributed by atoms with E-state index < -0.39 is 10.0 Å². The van der Waals surface area contributed by atoms with Gasteiger partial charge in [-0.25, -0.2) is 18.4 Å². The molecule has 0 spiro atoms. The lowest BCUT2D eigenvalue weighted by atomic mass is 10.6.